The molecule has 4 nitrogen and oxygen atoms in total. The summed E-state index contributed by atoms with van der Waals surface area (Å²) in [5.74, 6) is 0.366. The number of hydrogen-bond acceptors (Lipinski definition) is 3. The molecule has 0 radical (unpaired) electrons. The molecule has 0 fully saturated rings. The third-order valence-corrected chi connectivity index (χ3v) is 4.74. The normalized spacial score (nSPS) is 13.5. The second-order valence-corrected chi connectivity index (χ2v) is 6.16. The van der Waals surface area contributed by atoms with Crippen molar-refractivity contribution >= 4 is 17.1 Å². The number of Topliss-reactive ketones (excluding diaryl/α,β-unsaturated/α-hetero) is 1. The Labute approximate surface area is 148 Å². The van der Waals surface area contributed by atoms with Gasteiger partial charge in [0.05, 0.1) is 13.1 Å². The standard InChI is InChI=1S/C21H23NO3/c1-3-22(4-2)13-14-25-16-11-9-15(10-12-16)19-20(23)17-7-5-6-8-18(17)21(19)24/h5-12,23H,3-4,13-14H2,1-2H3. The van der Waals surface area contributed by atoms with E-state index in [1.54, 1.807) is 36.4 Å². The second-order valence-electron chi connectivity index (χ2n) is 6.16. The van der Waals surface area contributed by atoms with Crippen molar-refractivity contribution < 1.29 is 19.5 Å². The van der Waals surface area contributed by atoms with Crippen molar-refractivity contribution in [2.75, 3.05) is 26.2 Å². The van der Waals surface area contributed by atoms with Gasteiger partial charge in [-0.25, -0.2) is 0 Å². The molecule has 0 spiro atoms. The molecule has 2 aromatic rings. The summed E-state index contributed by atoms with van der Waals surface area (Å²) in [5.41, 5.74) is 1.88. The summed E-state index contributed by atoms with van der Waals surface area (Å²) in [4.78, 5) is 14.0. The van der Waals surface area contributed by atoms with Crippen LogP contribution in [0.25, 0.3) is 11.3 Å². The predicted molar refractivity (Wildman–Crippen MR) is 96.4 cm³/mol. The summed E-state index contributed by atoms with van der Waals surface area (Å²) < 4.78 is 5.77. The molecule has 0 saturated heterocycles. The quantitative estimate of drug-likeness (QED) is 0.831. The maximum absolute atomic E-state index is 12.5. The van der Waals surface area contributed by atoms with Gasteiger partial charge in [-0.1, -0.05) is 42.2 Å². The first-order chi connectivity index (χ1) is 12.2. The molecular weight excluding hydrogens is 314 g/mol. The molecule has 0 heterocycles. The van der Waals surface area contributed by atoms with E-state index in [0.29, 0.717) is 23.3 Å². The summed E-state index contributed by atoms with van der Waals surface area (Å²) in [6.45, 7) is 8.11. The lowest BCUT2D eigenvalue weighted by atomic mass is 10.0. The summed E-state index contributed by atoms with van der Waals surface area (Å²) >= 11 is 0. The first kappa shape index (κ1) is 17.2. The molecule has 1 aliphatic rings. The highest BCUT2D eigenvalue weighted by atomic mass is 16.5. The Morgan fingerprint density at radius 1 is 0.960 bits per heavy atom. The van der Waals surface area contributed by atoms with Gasteiger partial charge in [-0.2, -0.15) is 0 Å². The van der Waals surface area contributed by atoms with E-state index >= 15 is 0 Å². The fraction of sp³-hybridized carbons (Fsp3) is 0.286. The zero-order chi connectivity index (χ0) is 17.8. The van der Waals surface area contributed by atoms with Crippen LogP contribution in [0.1, 0.15) is 35.3 Å². The van der Waals surface area contributed by atoms with E-state index in [-0.39, 0.29) is 17.1 Å². The predicted octanol–water partition coefficient (Wildman–Crippen LogP) is 1.42. The maximum Gasteiger partial charge on any atom is 0.193 e. The summed E-state index contributed by atoms with van der Waals surface area (Å²) in [7, 11) is 0. The molecule has 4 heteroatoms. The van der Waals surface area contributed by atoms with Crippen LogP contribution in [0.15, 0.2) is 48.5 Å². The van der Waals surface area contributed by atoms with Gasteiger partial charge in [0.15, 0.2) is 5.78 Å². The largest absolute Gasteiger partial charge is 0.872 e. The van der Waals surface area contributed by atoms with Gasteiger partial charge in [0.1, 0.15) is 18.9 Å². The third kappa shape index (κ3) is 3.44. The highest BCUT2D eigenvalue weighted by molar-refractivity contribution is 6.38. The Bertz CT molecular complexity index is 789. The molecule has 3 rings (SSSR count). The van der Waals surface area contributed by atoms with Crippen LogP contribution in [0.2, 0.25) is 0 Å². The van der Waals surface area contributed by atoms with Crippen LogP contribution < -0.4 is 14.7 Å². The highest BCUT2D eigenvalue weighted by Crippen LogP contribution is 2.35. The average molecular weight is 337 g/mol. The second kappa shape index (κ2) is 7.53. The van der Waals surface area contributed by atoms with Gasteiger partial charge in [-0.15, -0.1) is 0 Å². The van der Waals surface area contributed by atoms with E-state index in [4.69, 9.17) is 4.74 Å². The fourth-order valence-corrected chi connectivity index (χ4v) is 3.15. The van der Waals surface area contributed by atoms with Gasteiger partial charge >= 0.3 is 0 Å². The number of nitrogens with one attached hydrogen (secondary N) is 1. The Morgan fingerprint density at radius 3 is 2.20 bits per heavy atom. The van der Waals surface area contributed by atoms with Crippen LogP contribution in [0, 0.1) is 0 Å². The molecule has 0 unspecified atom stereocenters. The lowest BCUT2D eigenvalue weighted by Crippen LogP contribution is -3.12. The zero-order valence-corrected chi connectivity index (χ0v) is 14.7. The number of likely N-dealkylation sites (N-methyl/N-ethyl adjacent to an activating group) is 1. The van der Waals surface area contributed by atoms with Crippen molar-refractivity contribution in [2.24, 2.45) is 0 Å². The minimum absolute atomic E-state index is 0.195. The molecular formula is C21H23NO3. The number of allylic oxidation sites excluding steroid dienone is 1. The first-order valence-corrected chi connectivity index (χ1v) is 8.77. The lowest BCUT2D eigenvalue weighted by Gasteiger charge is -2.16. The molecule has 25 heavy (non-hydrogen) atoms. The minimum Gasteiger partial charge on any atom is -0.872 e. The Kier molecular flexibility index (Phi) is 5.19. The smallest absolute Gasteiger partial charge is 0.193 e. The minimum atomic E-state index is -0.195. The number of hydrogen-bond donors (Lipinski definition) is 1. The molecule has 1 N–H and O–H groups in total. The molecule has 0 amide bonds. The molecule has 130 valence electrons. The van der Waals surface area contributed by atoms with Crippen LogP contribution in [-0.4, -0.2) is 32.0 Å². The molecule has 1 aliphatic carbocycles. The Balaban J connectivity index is 1.71. The highest BCUT2D eigenvalue weighted by Gasteiger charge is 2.25. The lowest BCUT2D eigenvalue weighted by molar-refractivity contribution is -0.896. The Hall–Kier alpha value is -2.59. The van der Waals surface area contributed by atoms with E-state index < -0.39 is 0 Å². The van der Waals surface area contributed by atoms with Gasteiger partial charge < -0.3 is 14.7 Å². The van der Waals surface area contributed by atoms with E-state index in [0.717, 1.165) is 25.4 Å². The van der Waals surface area contributed by atoms with Crippen molar-refractivity contribution in [1.82, 2.24) is 0 Å². The number of quaternary nitrogens is 1. The summed E-state index contributed by atoms with van der Waals surface area (Å²) in [5, 5.41) is 12.5. The number of carbonyl (C=O) groups excluding carboxylic acids is 1. The Morgan fingerprint density at radius 2 is 1.60 bits per heavy atom. The van der Waals surface area contributed by atoms with Crippen LogP contribution in [0.5, 0.6) is 5.75 Å². The number of benzene rings is 2. The molecule has 0 aromatic heterocycles. The third-order valence-electron chi connectivity index (χ3n) is 4.74. The van der Waals surface area contributed by atoms with Gasteiger partial charge in [0, 0.05) is 11.1 Å². The van der Waals surface area contributed by atoms with Crippen LogP contribution in [0.4, 0.5) is 0 Å². The first-order valence-electron chi connectivity index (χ1n) is 8.77. The van der Waals surface area contributed by atoms with Crippen LogP contribution >= 0.6 is 0 Å². The van der Waals surface area contributed by atoms with Crippen molar-refractivity contribution in [2.45, 2.75) is 13.8 Å². The van der Waals surface area contributed by atoms with E-state index in [2.05, 4.69) is 13.8 Å². The molecule has 0 atom stereocenters. The number of fused-ring (bicyclic) bond motifs is 1. The fourth-order valence-electron chi connectivity index (χ4n) is 3.15. The van der Waals surface area contributed by atoms with Gasteiger partial charge in [0.25, 0.3) is 0 Å². The van der Waals surface area contributed by atoms with E-state index in [1.165, 1.54) is 4.90 Å². The molecule has 2 aromatic carbocycles. The topological polar surface area (TPSA) is 53.8 Å². The number of ether oxygens (including phenoxy) is 1. The zero-order valence-electron chi connectivity index (χ0n) is 14.7. The van der Waals surface area contributed by atoms with Crippen LogP contribution in [-0.2, 0) is 0 Å². The molecule has 0 aliphatic heterocycles. The van der Waals surface area contributed by atoms with Gasteiger partial charge in [0.2, 0.25) is 0 Å². The van der Waals surface area contributed by atoms with Crippen LogP contribution in [0.3, 0.4) is 0 Å². The number of rotatable bonds is 7. The van der Waals surface area contributed by atoms with Gasteiger partial charge in [-0.3, -0.25) is 4.79 Å². The average Bonchev–Trinajstić information content (AvgIpc) is 2.91. The SMILES string of the molecule is CC[NH+](CC)CCOc1ccc(C2=C([O-])c3ccccc3C2=O)cc1. The molecule has 0 bridgehead atoms. The maximum atomic E-state index is 12.5. The summed E-state index contributed by atoms with van der Waals surface area (Å²) in [6.07, 6.45) is 0. The molecule has 0 saturated carbocycles. The van der Waals surface area contributed by atoms with Crippen molar-refractivity contribution in [3.05, 3.63) is 65.2 Å². The van der Waals surface area contributed by atoms with Gasteiger partial charge in [-0.05, 0) is 37.1 Å². The summed E-state index contributed by atoms with van der Waals surface area (Å²) in [6, 6.07) is 14.2. The van der Waals surface area contributed by atoms with E-state index in [1.807, 2.05) is 12.1 Å². The number of carbonyl (C=O) groups is 1. The van der Waals surface area contributed by atoms with Crippen molar-refractivity contribution in [1.29, 1.82) is 0 Å². The monoisotopic (exact) mass is 337 g/mol. The number of ketones is 1. The van der Waals surface area contributed by atoms with E-state index in [9.17, 15) is 9.90 Å². The van der Waals surface area contributed by atoms with Crippen molar-refractivity contribution in [3.8, 4) is 5.75 Å². The van der Waals surface area contributed by atoms with Crippen molar-refractivity contribution in [3.63, 3.8) is 0 Å².